The van der Waals surface area contributed by atoms with E-state index in [0.29, 0.717) is 17.9 Å². The van der Waals surface area contributed by atoms with Gasteiger partial charge in [-0.05, 0) is 37.3 Å². The molecule has 1 N–H and O–H groups in total. The molecule has 3 rings (SSSR count). The van der Waals surface area contributed by atoms with E-state index in [2.05, 4.69) is 12.2 Å². The monoisotopic (exact) mass is 301 g/mol. The zero-order chi connectivity index (χ0) is 15.7. The molecule has 2 aliphatic rings. The van der Waals surface area contributed by atoms with E-state index in [9.17, 15) is 9.59 Å². The van der Waals surface area contributed by atoms with Crippen molar-refractivity contribution < 1.29 is 14.3 Å². The van der Waals surface area contributed by atoms with Crippen molar-refractivity contribution in [2.24, 2.45) is 5.92 Å². The number of fused-ring (bicyclic) bond motifs is 1. The van der Waals surface area contributed by atoms with Gasteiger partial charge in [0.15, 0.2) is 5.60 Å². The van der Waals surface area contributed by atoms with E-state index >= 15 is 0 Å². The van der Waals surface area contributed by atoms with Crippen LogP contribution in [-0.2, 0) is 16.0 Å². The maximum atomic E-state index is 12.7. The minimum atomic E-state index is -1.11. The van der Waals surface area contributed by atoms with Crippen LogP contribution in [0.2, 0.25) is 0 Å². The number of carbonyl (C=O) groups is 2. The largest absolute Gasteiger partial charge is 0.445 e. The van der Waals surface area contributed by atoms with Crippen molar-refractivity contribution in [1.82, 2.24) is 5.32 Å². The van der Waals surface area contributed by atoms with Crippen LogP contribution >= 0.6 is 0 Å². The molecule has 4 heteroatoms. The lowest BCUT2D eigenvalue weighted by Gasteiger charge is -2.35. The topological polar surface area (TPSA) is 55.4 Å². The zero-order valence-corrected chi connectivity index (χ0v) is 13.2. The van der Waals surface area contributed by atoms with Gasteiger partial charge in [-0.25, -0.2) is 4.79 Å². The van der Waals surface area contributed by atoms with Gasteiger partial charge in [0.05, 0.1) is 5.56 Å². The van der Waals surface area contributed by atoms with Gasteiger partial charge >= 0.3 is 5.97 Å². The fourth-order valence-corrected chi connectivity index (χ4v) is 3.56. The third-order valence-corrected chi connectivity index (χ3v) is 4.83. The van der Waals surface area contributed by atoms with Crippen molar-refractivity contribution in [3.05, 3.63) is 35.4 Å². The standard InChI is InChI=1S/C18H23NO3/c1-12-6-5-8-14(10-12)19-17(21)18(2)11-13-7-3-4-9-15(13)16(20)22-18/h3-4,7,9,12,14H,5-6,8,10-11H2,1-2H3,(H,19,21). The Hall–Kier alpha value is -1.84. The van der Waals surface area contributed by atoms with E-state index in [1.807, 2.05) is 18.2 Å². The highest BCUT2D eigenvalue weighted by Gasteiger charge is 2.43. The first-order valence-electron chi connectivity index (χ1n) is 8.10. The molecule has 3 atom stereocenters. The van der Waals surface area contributed by atoms with Crippen LogP contribution in [0.5, 0.6) is 0 Å². The summed E-state index contributed by atoms with van der Waals surface area (Å²) in [5.41, 5.74) is 0.346. The first kappa shape index (κ1) is 15.1. The van der Waals surface area contributed by atoms with E-state index in [-0.39, 0.29) is 11.9 Å². The number of nitrogens with one attached hydrogen (secondary N) is 1. The maximum absolute atomic E-state index is 12.7. The Morgan fingerprint density at radius 3 is 2.86 bits per heavy atom. The third-order valence-electron chi connectivity index (χ3n) is 4.83. The molecular weight excluding hydrogens is 278 g/mol. The molecule has 1 aliphatic heterocycles. The van der Waals surface area contributed by atoms with Crippen molar-refractivity contribution in [3.8, 4) is 0 Å². The summed E-state index contributed by atoms with van der Waals surface area (Å²) in [7, 11) is 0. The van der Waals surface area contributed by atoms with Gasteiger partial charge in [-0.1, -0.05) is 38.0 Å². The fourth-order valence-electron chi connectivity index (χ4n) is 3.56. The van der Waals surface area contributed by atoms with Gasteiger partial charge in [-0.3, -0.25) is 4.79 Å². The van der Waals surface area contributed by atoms with Gasteiger partial charge in [0, 0.05) is 12.5 Å². The summed E-state index contributed by atoms with van der Waals surface area (Å²) in [6.07, 6.45) is 4.82. The Labute approximate surface area is 131 Å². The molecule has 0 radical (unpaired) electrons. The molecular formula is C18H23NO3. The van der Waals surface area contributed by atoms with E-state index in [1.165, 1.54) is 6.42 Å². The molecule has 1 aromatic rings. The number of ether oxygens (including phenoxy) is 1. The molecule has 22 heavy (non-hydrogen) atoms. The predicted octanol–water partition coefficient (Wildman–Crippen LogP) is 2.85. The van der Waals surface area contributed by atoms with Crippen LogP contribution < -0.4 is 5.32 Å². The number of cyclic esters (lactones) is 1. The smallest absolute Gasteiger partial charge is 0.339 e. The molecule has 1 fully saturated rings. The summed E-state index contributed by atoms with van der Waals surface area (Å²) in [6, 6.07) is 7.54. The normalized spacial score (nSPS) is 31.1. The van der Waals surface area contributed by atoms with Gasteiger partial charge in [0.25, 0.3) is 5.91 Å². The lowest BCUT2D eigenvalue weighted by atomic mass is 9.85. The first-order chi connectivity index (χ1) is 10.5. The van der Waals surface area contributed by atoms with Gasteiger partial charge in [-0.2, -0.15) is 0 Å². The molecule has 0 aromatic heterocycles. The van der Waals surface area contributed by atoms with Crippen LogP contribution in [0.4, 0.5) is 0 Å². The molecule has 0 saturated heterocycles. The van der Waals surface area contributed by atoms with Gasteiger partial charge in [-0.15, -0.1) is 0 Å². The number of hydrogen-bond acceptors (Lipinski definition) is 3. The lowest BCUT2D eigenvalue weighted by molar-refractivity contribution is -0.140. The number of carbonyl (C=O) groups excluding carboxylic acids is 2. The Morgan fingerprint density at radius 2 is 2.09 bits per heavy atom. The van der Waals surface area contributed by atoms with Crippen LogP contribution in [-0.4, -0.2) is 23.5 Å². The molecule has 1 saturated carbocycles. The van der Waals surface area contributed by atoms with Crippen molar-refractivity contribution in [2.45, 2.75) is 57.6 Å². The minimum Gasteiger partial charge on any atom is -0.445 e. The molecule has 3 unspecified atom stereocenters. The van der Waals surface area contributed by atoms with Crippen LogP contribution in [0.25, 0.3) is 0 Å². The second-order valence-corrected chi connectivity index (χ2v) is 6.90. The van der Waals surface area contributed by atoms with Crippen molar-refractivity contribution >= 4 is 11.9 Å². The van der Waals surface area contributed by atoms with Gasteiger partial charge in [0.2, 0.25) is 0 Å². The second-order valence-electron chi connectivity index (χ2n) is 6.90. The molecule has 4 nitrogen and oxygen atoms in total. The van der Waals surface area contributed by atoms with E-state index in [4.69, 9.17) is 4.74 Å². The lowest BCUT2D eigenvalue weighted by Crippen LogP contribution is -2.54. The summed E-state index contributed by atoms with van der Waals surface area (Å²) < 4.78 is 5.48. The van der Waals surface area contributed by atoms with E-state index in [1.54, 1.807) is 13.0 Å². The summed E-state index contributed by atoms with van der Waals surface area (Å²) in [4.78, 5) is 24.8. The summed E-state index contributed by atoms with van der Waals surface area (Å²) in [6.45, 7) is 3.93. The van der Waals surface area contributed by atoms with Crippen LogP contribution in [0, 0.1) is 5.92 Å². The Balaban J connectivity index is 1.73. The molecule has 118 valence electrons. The van der Waals surface area contributed by atoms with Crippen molar-refractivity contribution in [3.63, 3.8) is 0 Å². The second kappa shape index (κ2) is 5.75. The molecule has 1 aliphatic carbocycles. The number of benzene rings is 1. The quantitative estimate of drug-likeness (QED) is 0.855. The molecule has 0 bridgehead atoms. The summed E-state index contributed by atoms with van der Waals surface area (Å²) in [5.74, 6) is 0.0625. The Morgan fingerprint density at radius 1 is 1.32 bits per heavy atom. The minimum absolute atomic E-state index is 0.172. The van der Waals surface area contributed by atoms with Crippen LogP contribution in [0.1, 0.15) is 55.5 Å². The molecule has 1 heterocycles. The van der Waals surface area contributed by atoms with Crippen molar-refractivity contribution in [2.75, 3.05) is 0 Å². The third kappa shape index (κ3) is 2.87. The number of amides is 1. The predicted molar refractivity (Wildman–Crippen MR) is 83.5 cm³/mol. The number of rotatable bonds is 2. The highest BCUT2D eigenvalue weighted by molar-refractivity contribution is 5.97. The molecule has 1 aromatic carbocycles. The zero-order valence-electron chi connectivity index (χ0n) is 13.2. The van der Waals surface area contributed by atoms with E-state index < -0.39 is 11.6 Å². The van der Waals surface area contributed by atoms with Crippen LogP contribution in [0.3, 0.4) is 0 Å². The first-order valence-corrected chi connectivity index (χ1v) is 8.10. The highest BCUT2D eigenvalue weighted by Crippen LogP contribution is 2.29. The maximum Gasteiger partial charge on any atom is 0.339 e. The summed E-state index contributed by atoms with van der Waals surface area (Å²) >= 11 is 0. The van der Waals surface area contributed by atoms with Crippen molar-refractivity contribution in [1.29, 1.82) is 0 Å². The summed E-state index contributed by atoms with van der Waals surface area (Å²) in [5, 5.41) is 3.09. The van der Waals surface area contributed by atoms with Crippen LogP contribution in [0.15, 0.2) is 24.3 Å². The van der Waals surface area contributed by atoms with E-state index in [0.717, 1.165) is 24.8 Å². The van der Waals surface area contributed by atoms with Gasteiger partial charge < -0.3 is 10.1 Å². The fraction of sp³-hybridized carbons (Fsp3) is 0.556. The SMILES string of the molecule is CC1CCCC(NC(=O)C2(C)Cc3ccccc3C(=O)O2)C1. The Kier molecular flexibility index (Phi) is 3.94. The number of hydrogen-bond donors (Lipinski definition) is 1. The Bertz CT molecular complexity index is 598. The molecule has 1 amide bonds. The average molecular weight is 301 g/mol. The average Bonchev–Trinajstić information content (AvgIpc) is 2.47. The highest BCUT2D eigenvalue weighted by atomic mass is 16.6. The number of esters is 1. The molecule has 0 spiro atoms. The van der Waals surface area contributed by atoms with Gasteiger partial charge in [0.1, 0.15) is 0 Å².